The molecule has 1 amide bonds. The van der Waals surface area contributed by atoms with Crippen molar-refractivity contribution in [3.8, 4) is 5.69 Å². The van der Waals surface area contributed by atoms with E-state index in [4.69, 9.17) is 5.73 Å². The first-order valence-electron chi connectivity index (χ1n) is 10.1. The Bertz CT molecular complexity index is 1150. The summed E-state index contributed by atoms with van der Waals surface area (Å²) in [5, 5.41) is 5.89. The van der Waals surface area contributed by atoms with Gasteiger partial charge in [0.15, 0.2) is 5.82 Å². The highest BCUT2D eigenvalue weighted by atomic mass is 16.1. The molecule has 0 spiro atoms. The topological polar surface area (TPSA) is 115 Å². The van der Waals surface area contributed by atoms with Crippen LogP contribution in [0, 0.1) is 20.8 Å². The maximum Gasteiger partial charge on any atom is 0.298 e. The van der Waals surface area contributed by atoms with Gasteiger partial charge in [0.25, 0.3) is 5.56 Å². The molecular weight excluding hydrogens is 392 g/mol. The van der Waals surface area contributed by atoms with Crippen LogP contribution in [0.1, 0.15) is 35.0 Å². The zero-order valence-electron chi connectivity index (χ0n) is 18.3. The van der Waals surface area contributed by atoms with E-state index in [9.17, 15) is 9.59 Å². The molecular formula is C23H28N6O2. The number of hydrogen-bond acceptors (Lipinski definition) is 6. The molecule has 8 nitrogen and oxygen atoms in total. The van der Waals surface area contributed by atoms with Crippen molar-refractivity contribution in [1.82, 2.24) is 19.9 Å². The van der Waals surface area contributed by atoms with Crippen molar-refractivity contribution in [1.29, 1.82) is 0 Å². The second kappa shape index (κ2) is 9.42. The lowest BCUT2D eigenvalue weighted by molar-refractivity contribution is -0.119. The highest BCUT2D eigenvalue weighted by molar-refractivity contribution is 5.73. The number of nitrogens with two attached hydrogens (primary N) is 1. The maximum absolute atomic E-state index is 13.2. The van der Waals surface area contributed by atoms with Crippen molar-refractivity contribution in [2.24, 2.45) is 0 Å². The summed E-state index contributed by atoms with van der Waals surface area (Å²) in [6, 6.07) is 10.1. The number of carbonyl (C=O) groups is 1. The fourth-order valence-electron chi connectivity index (χ4n) is 3.27. The van der Waals surface area contributed by atoms with Gasteiger partial charge in [-0.15, -0.1) is 0 Å². The van der Waals surface area contributed by atoms with E-state index < -0.39 is 0 Å². The number of nitrogens with one attached hydrogen (secondary N) is 2. The number of amides is 1. The Morgan fingerprint density at radius 3 is 2.55 bits per heavy atom. The Kier molecular flexibility index (Phi) is 6.69. The van der Waals surface area contributed by atoms with Crippen molar-refractivity contribution < 1.29 is 4.79 Å². The van der Waals surface area contributed by atoms with E-state index in [1.165, 1.54) is 22.6 Å². The first-order valence-corrected chi connectivity index (χ1v) is 10.1. The molecule has 2 aromatic heterocycles. The van der Waals surface area contributed by atoms with Crippen LogP contribution in [-0.2, 0) is 17.8 Å². The molecule has 0 aliphatic heterocycles. The zero-order chi connectivity index (χ0) is 22.5. The van der Waals surface area contributed by atoms with Gasteiger partial charge in [-0.2, -0.15) is 0 Å². The second-order valence-electron chi connectivity index (χ2n) is 7.60. The van der Waals surface area contributed by atoms with Gasteiger partial charge in [0, 0.05) is 37.6 Å². The first-order chi connectivity index (χ1) is 14.8. The Morgan fingerprint density at radius 1 is 1.16 bits per heavy atom. The summed E-state index contributed by atoms with van der Waals surface area (Å²) in [7, 11) is 0. The van der Waals surface area contributed by atoms with E-state index in [-0.39, 0.29) is 23.1 Å². The summed E-state index contributed by atoms with van der Waals surface area (Å²) in [6.45, 7) is 7.99. The molecule has 0 bridgehead atoms. The summed E-state index contributed by atoms with van der Waals surface area (Å²) < 4.78 is 1.50. The molecule has 0 fully saturated rings. The summed E-state index contributed by atoms with van der Waals surface area (Å²) in [5.74, 6) is 0.349. The highest BCUT2D eigenvalue weighted by Crippen LogP contribution is 2.20. The van der Waals surface area contributed by atoms with Crippen molar-refractivity contribution in [2.75, 3.05) is 17.6 Å². The maximum atomic E-state index is 13.2. The molecule has 1 aromatic carbocycles. The number of aryl methyl sites for hydroxylation is 3. The van der Waals surface area contributed by atoms with Gasteiger partial charge in [0.05, 0.1) is 5.69 Å². The Labute approximate surface area is 181 Å². The number of anilines is 2. The van der Waals surface area contributed by atoms with Gasteiger partial charge in [-0.1, -0.05) is 29.8 Å². The highest BCUT2D eigenvalue weighted by Gasteiger charge is 2.15. The molecule has 0 saturated carbocycles. The van der Waals surface area contributed by atoms with Crippen LogP contribution in [0.4, 0.5) is 11.6 Å². The Morgan fingerprint density at radius 2 is 1.87 bits per heavy atom. The molecule has 0 unspecified atom stereocenters. The number of nitrogens with zero attached hydrogens (tertiary/aromatic N) is 3. The predicted octanol–water partition coefficient (Wildman–Crippen LogP) is 2.43. The minimum Gasteiger partial charge on any atom is -0.382 e. The average molecular weight is 421 g/mol. The Balaban J connectivity index is 1.88. The standard InChI is InChI=1S/C23H28N6O2/c1-14-5-7-18(8-6-14)9-10-25-22-23(31)29(15(2)12-27-22)20-11-19(13-26-17(4)30)16(3)28-21(20)24/h5-8,11-12H,9-10,13H2,1-4H3,(H2,24,28)(H,25,27)(H,26,30). The molecule has 162 valence electrons. The van der Waals surface area contributed by atoms with Gasteiger partial charge in [0.1, 0.15) is 5.82 Å². The zero-order valence-corrected chi connectivity index (χ0v) is 18.3. The lowest BCUT2D eigenvalue weighted by Crippen LogP contribution is -2.27. The lowest BCUT2D eigenvalue weighted by Gasteiger charge is -2.16. The summed E-state index contributed by atoms with van der Waals surface area (Å²) in [6.07, 6.45) is 2.40. The van der Waals surface area contributed by atoms with Crippen molar-refractivity contribution in [2.45, 2.75) is 40.7 Å². The molecule has 0 saturated heterocycles. The largest absolute Gasteiger partial charge is 0.382 e. The monoisotopic (exact) mass is 420 g/mol. The van der Waals surface area contributed by atoms with Crippen LogP contribution in [0.3, 0.4) is 0 Å². The molecule has 31 heavy (non-hydrogen) atoms. The van der Waals surface area contributed by atoms with E-state index in [2.05, 4.69) is 44.9 Å². The number of nitrogen functional groups attached to an aromatic ring is 1. The fraction of sp³-hybridized carbons (Fsp3) is 0.304. The van der Waals surface area contributed by atoms with Crippen molar-refractivity contribution in [3.05, 3.63) is 75.0 Å². The number of benzene rings is 1. The summed E-state index contributed by atoms with van der Waals surface area (Å²) in [4.78, 5) is 33.1. The van der Waals surface area contributed by atoms with Gasteiger partial charge >= 0.3 is 0 Å². The Hall–Kier alpha value is -3.68. The van der Waals surface area contributed by atoms with Crippen LogP contribution in [0.15, 0.2) is 41.3 Å². The van der Waals surface area contributed by atoms with Crippen molar-refractivity contribution >= 4 is 17.5 Å². The molecule has 0 aliphatic rings. The summed E-state index contributed by atoms with van der Waals surface area (Å²) >= 11 is 0. The minimum absolute atomic E-state index is 0.143. The third kappa shape index (κ3) is 5.28. The van der Waals surface area contributed by atoms with Crippen LogP contribution in [0.2, 0.25) is 0 Å². The first kappa shape index (κ1) is 22.0. The van der Waals surface area contributed by atoms with Gasteiger partial charge in [-0.3, -0.25) is 14.2 Å². The second-order valence-corrected chi connectivity index (χ2v) is 7.60. The number of hydrogen-bond donors (Lipinski definition) is 3. The van der Waals surface area contributed by atoms with Gasteiger partial charge in [0.2, 0.25) is 5.91 Å². The van der Waals surface area contributed by atoms with Crippen LogP contribution < -0.4 is 21.9 Å². The molecule has 0 aliphatic carbocycles. The van der Waals surface area contributed by atoms with E-state index in [1.807, 2.05) is 13.8 Å². The molecule has 2 heterocycles. The third-order valence-electron chi connectivity index (χ3n) is 5.06. The lowest BCUT2D eigenvalue weighted by atomic mass is 10.1. The number of rotatable bonds is 7. The molecule has 3 rings (SSSR count). The average Bonchev–Trinajstić information content (AvgIpc) is 2.71. The van der Waals surface area contributed by atoms with E-state index in [0.717, 1.165) is 12.0 Å². The molecule has 8 heteroatoms. The SMILES string of the molecule is CC(=O)NCc1cc(-n2c(C)cnc(NCCc3ccc(C)cc3)c2=O)c(N)nc1C. The van der Waals surface area contributed by atoms with Crippen molar-refractivity contribution in [3.63, 3.8) is 0 Å². The van der Waals surface area contributed by atoms with Crippen LogP contribution in [-0.4, -0.2) is 27.0 Å². The van der Waals surface area contributed by atoms with E-state index in [1.54, 1.807) is 19.2 Å². The predicted molar refractivity (Wildman–Crippen MR) is 122 cm³/mol. The smallest absolute Gasteiger partial charge is 0.298 e. The molecule has 4 N–H and O–H groups in total. The number of carbonyl (C=O) groups excluding carboxylic acids is 1. The van der Waals surface area contributed by atoms with E-state index in [0.29, 0.717) is 30.2 Å². The van der Waals surface area contributed by atoms with E-state index >= 15 is 0 Å². The number of aromatic nitrogens is 3. The quantitative estimate of drug-likeness (QED) is 0.541. The third-order valence-corrected chi connectivity index (χ3v) is 5.06. The van der Waals surface area contributed by atoms with Crippen LogP contribution >= 0.6 is 0 Å². The van der Waals surface area contributed by atoms with Gasteiger partial charge < -0.3 is 16.4 Å². The van der Waals surface area contributed by atoms with Gasteiger partial charge in [-0.25, -0.2) is 9.97 Å². The molecule has 3 aromatic rings. The molecule has 0 atom stereocenters. The minimum atomic E-state index is -0.299. The van der Waals surface area contributed by atoms with Gasteiger partial charge in [-0.05, 0) is 44.4 Å². The van der Waals surface area contributed by atoms with Crippen LogP contribution in [0.25, 0.3) is 5.69 Å². The summed E-state index contributed by atoms with van der Waals surface area (Å²) in [5.41, 5.74) is 10.8. The van der Waals surface area contributed by atoms with Crippen LogP contribution in [0.5, 0.6) is 0 Å². The molecule has 0 radical (unpaired) electrons. The normalized spacial score (nSPS) is 10.7. The fourth-order valence-corrected chi connectivity index (χ4v) is 3.27. The number of pyridine rings is 1.